The third kappa shape index (κ3) is 10.6. The summed E-state index contributed by atoms with van der Waals surface area (Å²) >= 11 is 5.80. The fourth-order valence-electron chi connectivity index (χ4n) is 3.27. The SMILES string of the molecule is C=CC(=O)CCCC[N+](C)(C)CCCCCc1ccc(N(C)CCCl)cc1. The topological polar surface area (TPSA) is 20.3 Å². The second kappa shape index (κ2) is 13.0. The Morgan fingerprint density at radius 2 is 1.70 bits per heavy atom. The van der Waals surface area contributed by atoms with E-state index in [1.54, 1.807) is 0 Å². The minimum atomic E-state index is 0.166. The number of rotatable bonds is 15. The van der Waals surface area contributed by atoms with Gasteiger partial charge in [-0.25, -0.2) is 0 Å². The number of alkyl halides is 1. The average molecular weight is 394 g/mol. The Morgan fingerprint density at radius 1 is 1.07 bits per heavy atom. The molecule has 0 amide bonds. The Hall–Kier alpha value is -1.32. The number of anilines is 1. The molecule has 0 N–H and O–H groups in total. The predicted octanol–water partition coefficient (Wildman–Crippen LogP) is 5.08. The van der Waals surface area contributed by atoms with Crippen LogP contribution >= 0.6 is 11.6 Å². The van der Waals surface area contributed by atoms with Crippen molar-refractivity contribution < 1.29 is 9.28 Å². The van der Waals surface area contributed by atoms with Gasteiger partial charge < -0.3 is 9.38 Å². The van der Waals surface area contributed by atoms with Gasteiger partial charge in [-0.15, -0.1) is 11.6 Å². The lowest BCUT2D eigenvalue weighted by Gasteiger charge is -2.30. The summed E-state index contributed by atoms with van der Waals surface area (Å²) < 4.78 is 1.05. The van der Waals surface area contributed by atoms with Gasteiger partial charge in [0.25, 0.3) is 0 Å². The molecule has 3 nitrogen and oxygen atoms in total. The number of aryl methyl sites for hydroxylation is 1. The van der Waals surface area contributed by atoms with E-state index in [1.807, 2.05) is 0 Å². The van der Waals surface area contributed by atoms with E-state index in [0.29, 0.717) is 12.3 Å². The maximum absolute atomic E-state index is 11.2. The standard InChI is InChI=1S/C23H38ClN2O/c1-5-23(27)12-8-10-20-26(3,4)19-9-6-7-11-21-13-15-22(16-14-21)25(2)18-17-24/h5,13-16H,1,6-12,17-20H2,2-4H3/q+1. The zero-order valence-electron chi connectivity index (χ0n) is 17.6. The number of hydrogen-bond acceptors (Lipinski definition) is 2. The molecule has 1 aromatic carbocycles. The normalized spacial score (nSPS) is 11.4. The molecule has 0 spiro atoms. The molecule has 27 heavy (non-hydrogen) atoms. The van der Waals surface area contributed by atoms with Crippen LogP contribution in [0.5, 0.6) is 0 Å². The van der Waals surface area contributed by atoms with Gasteiger partial charge in [0, 0.05) is 31.6 Å². The Kier molecular flexibility index (Phi) is 11.4. The van der Waals surface area contributed by atoms with Crippen LogP contribution in [0.2, 0.25) is 0 Å². The average Bonchev–Trinajstić information content (AvgIpc) is 2.65. The molecule has 0 aliphatic carbocycles. The molecule has 0 bridgehead atoms. The summed E-state index contributed by atoms with van der Waals surface area (Å²) in [5.74, 6) is 0.819. The van der Waals surface area contributed by atoms with Crippen molar-refractivity contribution in [1.82, 2.24) is 0 Å². The van der Waals surface area contributed by atoms with E-state index >= 15 is 0 Å². The second-order valence-electron chi connectivity index (χ2n) is 8.10. The number of benzene rings is 1. The molecule has 4 heteroatoms. The lowest BCUT2D eigenvalue weighted by atomic mass is 10.1. The minimum Gasteiger partial charge on any atom is -0.373 e. The number of allylic oxidation sites excluding steroid dienone is 1. The van der Waals surface area contributed by atoms with Crippen molar-refractivity contribution in [2.24, 2.45) is 0 Å². The minimum absolute atomic E-state index is 0.166. The fourth-order valence-corrected chi connectivity index (χ4v) is 3.53. The van der Waals surface area contributed by atoms with Gasteiger partial charge in [-0.3, -0.25) is 4.79 Å². The maximum Gasteiger partial charge on any atom is 0.155 e. The number of hydrogen-bond donors (Lipinski definition) is 0. The first-order chi connectivity index (χ1) is 12.9. The third-order valence-corrected chi connectivity index (χ3v) is 5.36. The summed E-state index contributed by atoms with van der Waals surface area (Å²) in [6.07, 6.45) is 9.08. The lowest BCUT2D eigenvalue weighted by Crippen LogP contribution is -2.41. The van der Waals surface area contributed by atoms with Crippen LogP contribution in [-0.2, 0) is 11.2 Å². The highest BCUT2D eigenvalue weighted by Crippen LogP contribution is 2.16. The van der Waals surface area contributed by atoms with Gasteiger partial charge in [0.15, 0.2) is 5.78 Å². The molecule has 0 aliphatic heterocycles. The van der Waals surface area contributed by atoms with Crippen LogP contribution in [0.4, 0.5) is 5.69 Å². The quantitative estimate of drug-likeness (QED) is 0.179. The molecule has 0 aliphatic rings. The first-order valence-electron chi connectivity index (χ1n) is 10.2. The molecule has 152 valence electrons. The second-order valence-corrected chi connectivity index (χ2v) is 8.48. The van der Waals surface area contributed by atoms with Crippen molar-refractivity contribution in [1.29, 1.82) is 0 Å². The van der Waals surface area contributed by atoms with Crippen LogP contribution in [0, 0.1) is 0 Å². The van der Waals surface area contributed by atoms with E-state index in [-0.39, 0.29) is 5.78 Å². The van der Waals surface area contributed by atoms with Crippen LogP contribution in [0.15, 0.2) is 36.9 Å². The van der Waals surface area contributed by atoms with Gasteiger partial charge >= 0.3 is 0 Å². The highest BCUT2D eigenvalue weighted by atomic mass is 35.5. The summed E-state index contributed by atoms with van der Waals surface area (Å²) in [5.41, 5.74) is 2.65. The van der Waals surface area contributed by atoms with E-state index < -0.39 is 0 Å². The number of quaternary nitrogens is 1. The molecule has 0 unspecified atom stereocenters. The van der Waals surface area contributed by atoms with E-state index in [1.165, 1.54) is 43.1 Å². The molecule has 1 aromatic rings. The van der Waals surface area contributed by atoms with E-state index in [9.17, 15) is 4.79 Å². The molecule has 0 saturated heterocycles. The van der Waals surface area contributed by atoms with Crippen molar-refractivity contribution in [3.8, 4) is 0 Å². The van der Waals surface area contributed by atoms with Crippen molar-refractivity contribution in [2.45, 2.75) is 44.9 Å². The number of nitrogens with zero attached hydrogens (tertiary/aromatic N) is 2. The van der Waals surface area contributed by atoms with Gasteiger partial charge in [0.2, 0.25) is 0 Å². The van der Waals surface area contributed by atoms with Crippen LogP contribution in [0.1, 0.15) is 44.1 Å². The fraction of sp³-hybridized carbons (Fsp3) is 0.609. The highest BCUT2D eigenvalue weighted by molar-refractivity contribution is 6.18. The molecule has 1 rings (SSSR count). The Morgan fingerprint density at radius 3 is 2.30 bits per heavy atom. The number of carbonyl (C=O) groups is 1. The molecule has 0 radical (unpaired) electrons. The third-order valence-electron chi connectivity index (χ3n) is 5.19. The Balaban J connectivity index is 2.18. The summed E-state index contributed by atoms with van der Waals surface area (Å²) in [7, 11) is 6.67. The van der Waals surface area contributed by atoms with Crippen LogP contribution < -0.4 is 4.90 Å². The number of carbonyl (C=O) groups excluding carboxylic acids is 1. The first-order valence-corrected chi connectivity index (χ1v) is 10.7. The smallest absolute Gasteiger partial charge is 0.155 e. The van der Waals surface area contributed by atoms with Crippen molar-refractivity contribution >= 4 is 23.1 Å². The van der Waals surface area contributed by atoms with Crippen LogP contribution in [-0.4, -0.2) is 56.9 Å². The Bertz CT molecular complexity index is 554. The van der Waals surface area contributed by atoms with Crippen LogP contribution in [0.3, 0.4) is 0 Å². The molecular weight excluding hydrogens is 356 g/mol. The largest absolute Gasteiger partial charge is 0.373 e. The number of halogens is 1. The monoisotopic (exact) mass is 393 g/mol. The summed E-state index contributed by atoms with van der Waals surface area (Å²) in [6.45, 7) is 6.75. The van der Waals surface area contributed by atoms with Gasteiger partial charge in [-0.2, -0.15) is 0 Å². The van der Waals surface area contributed by atoms with Crippen molar-refractivity contribution in [3.63, 3.8) is 0 Å². The maximum atomic E-state index is 11.2. The summed E-state index contributed by atoms with van der Waals surface area (Å²) in [4.78, 5) is 13.4. The van der Waals surface area contributed by atoms with Gasteiger partial charge in [0.1, 0.15) is 0 Å². The molecular formula is C23H38ClN2O+. The van der Waals surface area contributed by atoms with E-state index in [4.69, 9.17) is 11.6 Å². The molecule has 0 heterocycles. The Labute approximate surface area is 171 Å². The van der Waals surface area contributed by atoms with E-state index in [2.05, 4.69) is 56.9 Å². The predicted molar refractivity (Wildman–Crippen MR) is 119 cm³/mol. The summed E-state index contributed by atoms with van der Waals surface area (Å²) in [5, 5.41) is 0. The van der Waals surface area contributed by atoms with Crippen molar-refractivity contribution in [2.75, 3.05) is 51.6 Å². The van der Waals surface area contributed by atoms with Gasteiger partial charge in [-0.1, -0.05) is 18.7 Å². The van der Waals surface area contributed by atoms with Gasteiger partial charge in [-0.05, 0) is 62.3 Å². The number of ketones is 1. The number of unbranched alkanes of at least 4 members (excludes halogenated alkanes) is 3. The lowest BCUT2D eigenvalue weighted by molar-refractivity contribution is -0.890. The zero-order valence-corrected chi connectivity index (χ0v) is 18.3. The van der Waals surface area contributed by atoms with Crippen LogP contribution in [0.25, 0.3) is 0 Å². The molecule has 0 saturated carbocycles. The molecule has 0 atom stereocenters. The first kappa shape index (κ1) is 23.7. The summed E-state index contributed by atoms with van der Waals surface area (Å²) in [6, 6.07) is 8.87. The van der Waals surface area contributed by atoms with Gasteiger partial charge in [0.05, 0.1) is 27.2 Å². The zero-order chi connectivity index (χ0) is 20.1. The van der Waals surface area contributed by atoms with E-state index in [0.717, 1.165) is 36.8 Å². The molecule has 0 aromatic heterocycles. The highest BCUT2D eigenvalue weighted by Gasteiger charge is 2.14. The van der Waals surface area contributed by atoms with Crippen molar-refractivity contribution in [3.05, 3.63) is 42.5 Å². The molecule has 0 fully saturated rings.